The number of carbonyl (C=O) groups excluding carboxylic acids is 1. The molecule has 0 aromatic heterocycles. The molecule has 22 heavy (non-hydrogen) atoms. The first-order valence-corrected chi connectivity index (χ1v) is 7.93. The predicted octanol–water partition coefficient (Wildman–Crippen LogP) is 3.79. The number of halogens is 3. The Bertz CT molecular complexity index is 554. The lowest BCUT2D eigenvalue weighted by molar-refractivity contribution is -0.155. The van der Waals surface area contributed by atoms with Gasteiger partial charge in [-0.2, -0.15) is 13.2 Å². The van der Waals surface area contributed by atoms with Gasteiger partial charge in [0.05, 0.1) is 18.0 Å². The average Bonchev–Trinajstić information content (AvgIpc) is 2.76. The van der Waals surface area contributed by atoms with Crippen LogP contribution in [0.3, 0.4) is 0 Å². The number of alkyl halides is 3. The predicted molar refractivity (Wildman–Crippen MR) is 82.0 cm³/mol. The third kappa shape index (κ3) is 4.09. The molecule has 1 heterocycles. The Kier molecular flexibility index (Phi) is 4.65. The van der Waals surface area contributed by atoms with Crippen molar-refractivity contribution in [3.8, 4) is 0 Å². The molecule has 0 aliphatic carbocycles. The lowest BCUT2D eigenvalue weighted by Crippen LogP contribution is -2.50. The average molecular weight is 332 g/mol. The monoisotopic (exact) mass is 332 g/mol. The highest BCUT2D eigenvalue weighted by molar-refractivity contribution is 7.99. The maximum atomic E-state index is 13.4. The molecule has 0 bridgehead atoms. The molecule has 0 saturated heterocycles. The summed E-state index contributed by atoms with van der Waals surface area (Å²) in [5, 5.41) is 2.60. The number of carbonyl (C=O) groups is 1. The standard InChI is InChI=1S/C15H19F3N2OS/c1-14(2,3)19-13(21)8-12(15(16,17)18)20-9-22-11-7-5-4-6-10(11)20/h4-7,12H,8-9H2,1-3H3,(H,19,21). The van der Waals surface area contributed by atoms with E-state index in [4.69, 9.17) is 0 Å². The third-order valence-electron chi connectivity index (χ3n) is 3.18. The fourth-order valence-corrected chi connectivity index (χ4v) is 3.44. The van der Waals surface area contributed by atoms with Gasteiger partial charge in [0.15, 0.2) is 0 Å². The van der Waals surface area contributed by atoms with Crippen molar-refractivity contribution in [2.45, 2.75) is 49.8 Å². The molecule has 2 rings (SSSR count). The van der Waals surface area contributed by atoms with Crippen LogP contribution in [0.4, 0.5) is 18.9 Å². The van der Waals surface area contributed by atoms with E-state index < -0.39 is 30.1 Å². The summed E-state index contributed by atoms with van der Waals surface area (Å²) >= 11 is 1.35. The fraction of sp³-hybridized carbons (Fsp3) is 0.533. The molecule has 1 aromatic carbocycles. The van der Waals surface area contributed by atoms with Crippen LogP contribution in [0, 0.1) is 0 Å². The van der Waals surface area contributed by atoms with Gasteiger partial charge in [0.1, 0.15) is 6.04 Å². The highest BCUT2D eigenvalue weighted by Crippen LogP contribution is 2.43. The molecule has 1 N–H and O–H groups in total. The molecule has 0 saturated carbocycles. The summed E-state index contributed by atoms with van der Waals surface area (Å²) in [5.41, 5.74) is -0.0105. The number of fused-ring (bicyclic) bond motifs is 1. The Labute approximate surface area is 132 Å². The molecule has 1 unspecified atom stereocenters. The van der Waals surface area contributed by atoms with E-state index in [9.17, 15) is 18.0 Å². The van der Waals surface area contributed by atoms with Gasteiger partial charge < -0.3 is 10.2 Å². The van der Waals surface area contributed by atoms with Gasteiger partial charge in [-0.1, -0.05) is 12.1 Å². The van der Waals surface area contributed by atoms with E-state index >= 15 is 0 Å². The molecule has 0 spiro atoms. The number of benzene rings is 1. The Morgan fingerprint density at radius 2 is 1.95 bits per heavy atom. The SMILES string of the molecule is CC(C)(C)NC(=O)CC(N1CSc2ccccc21)C(F)(F)F. The second kappa shape index (κ2) is 6.02. The number of rotatable bonds is 3. The highest BCUT2D eigenvalue weighted by atomic mass is 32.2. The van der Waals surface area contributed by atoms with Crippen LogP contribution >= 0.6 is 11.8 Å². The van der Waals surface area contributed by atoms with Crippen molar-refractivity contribution in [2.24, 2.45) is 0 Å². The van der Waals surface area contributed by atoms with E-state index in [0.717, 1.165) is 4.90 Å². The van der Waals surface area contributed by atoms with Crippen molar-refractivity contribution in [3.63, 3.8) is 0 Å². The van der Waals surface area contributed by atoms with E-state index in [1.54, 1.807) is 45.0 Å². The first-order valence-electron chi connectivity index (χ1n) is 6.94. The molecular formula is C15H19F3N2OS. The molecule has 1 aliphatic heterocycles. The Balaban J connectivity index is 2.20. The lowest BCUT2D eigenvalue weighted by atomic mass is 10.1. The number of anilines is 1. The van der Waals surface area contributed by atoms with Gasteiger partial charge >= 0.3 is 6.18 Å². The largest absolute Gasteiger partial charge is 0.409 e. The topological polar surface area (TPSA) is 32.3 Å². The number of hydrogen-bond acceptors (Lipinski definition) is 3. The molecule has 0 fully saturated rings. The molecule has 1 amide bonds. The molecule has 1 aromatic rings. The normalized spacial score (nSPS) is 16.4. The molecule has 1 atom stereocenters. The zero-order valence-corrected chi connectivity index (χ0v) is 13.5. The zero-order valence-electron chi connectivity index (χ0n) is 12.7. The van der Waals surface area contributed by atoms with Crippen LogP contribution in [0.25, 0.3) is 0 Å². The number of nitrogens with one attached hydrogen (secondary N) is 1. The van der Waals surface area contributed by atoms with Gasteiger partial charge in [-0.25, -0.2) is 0 Å². The van der Waals surface area contributed by atoms with Crippen molar-refractivity contribution in [3.05, 3.63) is 24.3 Å². The Morgan fingerprint density at radius 3 is 2.55 bits per heavy atom. The Hall–Kier alpha value is -1.37. The smallest absolute Gasteiger partial charge is 0.351 e. The second-order valence-electron chi connectivity index (χ2n) is 6.27. The molecule has 122 valence electrons. The second-order valence-corrected chi connectivity index (χ2v) is 7.26. The summed E-state index contributed by atoms with van der Waals surface area (Å²) in [5.74, 6) is -0.393. The summed E-state index contributed by atoms with van der Waals surface area (Å²) < 4.78 is 40.3. The van der Waals surface area contributed by atoms with Gasteiger partial charge in [0.2, 0.25) is 5.91 Å². The lowest BCUT2D eigenvalue weighted by Gasteiger charge is -2.32. The van der Waals surface area contributed by atoms with Crippen molar-refractivity contribution in [1.82, 2.24) is 5.32 Å². The van der Waals surface area contributed by atoms with Crippen molar-refractivity contribution in [1.29, 1.82) is 0 Å². The molecule has 3 nitrogen and oxygen atoms in total. The molecule has 0 radical (unpaired) electrons. The van der Waals surface area contributed by atoms with Gasteiger partial charge in [-0.15, -0.1) is 11.8 Å². The quantitative estimate of drug-likeness (QED) is 0.914. The van der Waals surface area contributed by atoms with Crippen LogP contribution in [0.5, 0.6) is 0 Å². The van der Waals surface area contributed by atoms with Crippen LogP contribution in [-0.2, 0) is 4.79 Å². The maximum absolute atomic E-state index is 13.4. The molecular weight excluding hydrogens is 313 g/mol. The Morgan fingerprint density at radius 1 is 1.32 bits per heavy atom. The maximum Gasteiger partial charge on any atom is 0.409 e. The van der Waals surface area contributed by atoms with Crippen molar-refractivity contribution < 1.29 is 18.0 Å². The number of para-hydroxylation sites is 1. The van der Waals surface area contributed by atoms with E-state index in [-0.39, 0.29) is 5.88 Å². The van der Waals surface area contributed by atoms with Gasteiger partial charge in [0, 0.05) is 10.4 Å². The highest BCUT2D eigenvalue weighted by Gasteiger charge is 2.46. The molecule has 1 aliphatic rings. The van der Waals surface area contributed by atoms with E-state index in [0.29, 0.717) is 5.69 Å². The minimum absolute atomic E-state index is 0.201. The fourth-order valence-electron chi connectivity index (χ4n) is 2.33. The minimum Gasteiger partial charge on any atom is -0.351 e. The summed E-state index contributed by atoms with van der Waals surface area (Å²) in [6.07, 6.45) is -5.07. The van der Waals surface area contributed by atoms with E-state index in [1.807, 2.05) is 0 Å². The van der Waals surface area contributed by atoms with Gasteiger partial charge in [0.25, 0.3) is 0 Å². The minimum atomic E-state index is -4.47. The van der Waals surface area contributed by atoms with Gasteiger partial charge in [-0.05, 0) is 32.9 Å². The number of hydrogen-bond donors (Lipinski definition) is 1. The summed E-state index contributed by atoms with van der Waals surface area (Å²) in [6, 6.07) is 5.15. The first-order chi connectivity index (χ1) is 10.1. The third-order valence-corrected chi connectivity index (χ3v) is 4.24. The first kappa shape index (κ1) is 17.0. The van der Waals surface area contributed by atoms with Crippen molar-refractivity contribution >= 4 is 23.4 Å². The summed E-state index contributed by atoms with van der Waals surface area (Å²) in [4.78, 5) is 14.0. The number of amides is 1. The number of thioether (sulfide) groups is 1. The van der Waals surface area contributed by atoms with Crippen molar-refractivity contribution in [2.75, 3.05) is 10.8 Å². The van der Waals surface area contributed by atoms with E-state index in [1.165, 1.54) is 16.7 Å². The molecule has 7 heteroatoms. The van der Waals surface area contributed by atoms with Crippen LogP contribution in [0.2, 0.25) is 0 Å². The summed E-state index contributed by atoms with van der Waals surface area (Å²) in [7, 11) is 0. The summed E-state index contributed by atoms with van der Waals surface area (Å²) in [6.45, 7) is 5.23. The zero-order chi connectivity index (χ0) is 16.5. The van der Waals surface area contributed by atoms with Gasteiger partial charge in [-0.3, -0.25) is 4.79 Å². The van der Waals surface area contributed by atoms with Crippen LogP contribution in [0.1, 0.15) is 27.2 Å². The van der Waals surface area contributed by atoms with Crippen LogP contribution in [-0.4, -0.2) is 29.5 Å². The van der Waals surface area contributed by atoms with Crippen LogP contribution < -0.4 is 10.2 Å². The van der Waals surface area contributed by atoms with Crippen LogP contribution in [0.15, 0.2) is 29.2 Å². The number of nitrogens with zero attached hydrogens (tertiary/aromatic N) is 1. The van der Waals surface area contributed by atoms with E-state index in [2.05, 4.69) is 5.32 Å².